The van der Waals surface area contributed by atoms with E-state index >= 15 is 0 Å². The highest BCUT2D eigenvalue weighted by Crippen LogP contribution is 2.33. The smallest absolute Gasteiger partial charge is 0.336 e. The molecule has 3 aromatic rings. The van der Waals surface area contributed by atoms with E-state index in [4.69, 9.17) is 13.6 Å². The highest BCUT2D eigenvalue weighted by Gasteiger charge is 2.25. The number of hydrogen-bond donors (Lipinski definition) is 1. The molecule has 24 heavy (non-hydrogen) atoms. The molecule has 0 fully saturated rings. The predicted octanol–water partition coefficient (Wildman–Crippen LogP) is 2.19. The summed E-state index contributed by atoms with van der Waals surface area (Å²) in [5.41, 5.74) is 3.42. The summed E-state index contributed by atoms with van der Waals surface area (Å²) in [6, 6.07) is 7.59. The van der Waals surface area contributed by atoms with Crippen molar-refractivity contribution in [2.75, 3.05) is 6.73 Å². The van der Waals surface area contributed by atoms with E-state index in [-0.39, 0.29) is 5.63 Å². The molecule has 0 bridgehead atoms. The molecule has 0 saturated heterocycles. The summed E-state index contributed by atoms with van der Waals surface area (Å²) in [4.78, 5) is 13.1. The zero-order valence-electron chi connectivity index (χ0n) is 13.8. The summed E-state index contributed by atoms with van der Waals surface area (Å²) < 4.78 is 16.9. The molecule has 0 spiro atoms. The molecule has 1 N–H and O–H groups in total. The first-order valence-electron chi connectivity index (χ1n) is 8.23. The van der Waals surface area contributed by atoms with Gasteiger partial charge in [0.15, 0.2) is 5.76 Å². The van der Waals surface area contributed by atoms with Crippen molar-refractivity contribution in [3.63, 3.8) is 0 Å². The lowest BCUT2D eigenvalue weighted by Gasteiger charge is -2.27. The maximum Gasteiger partial charge on any atom is 0.336 e. The minimum Gasteiger partial charge on any atom is -0.463 e. The number of nitrogens with one attached hydrogen (secondary N) is 1. The van der Waals surface area contributed by atoms with Crippen molar-refractivity contribution in [1.82, 2.24) is 0 Å². The van der Waals surface area contributed by atoms with Crippen molar-refractivity contribution in [1.29, 1.82) is 0 Å². The zero-order chi connectivity index (χ0) is 16.7. The maximum atomic E-state index is 11.8. The Balaban J connectivity index is 1.76. The number of fused-ring (bicyclic) bond motifs is 2. The van der Waals surface area contributed by atoms with Crippen LogP contribution in [0.1, 0.15) is 29.4 Å². The number of furan rings is 1. The van der Waals surface area contributed by atoms with E-state index in [1.807, 2.05) is 26.0 Å². The first kappa shape index (κ1) is 15.0. The van der Waals surface area contributed by atoms with Crippen molar-refractivity contribution in [2.24, 2.45) is 0 Å². The summed E-state index contributed by atoms with van der Waals surface area (Å²) in [5, 5.41) is 1.01. The van der Waals surface area contributed by atoms with Gasteiger partial charge in [-0.3, -0.25) is 4.90 Å². The lowest BCUT2D eigenvalue weighted by atomic mass is 9.99. The standard InChI is InChI=1S/C19H19NO4/c1-3-13-8-17(21)24-19-12(2)18-14(7-16(13)19)9-20(11-23-18)10-15-5-4-6-22-15/h4-8H,3,9-11H2,1-2H3/p+1. The van der Waals surface area contributed by atoms with Crippen LogP contribution in [-0.2, 0) is 19.5 Å². The molecular weight excluding hydrogens is 306 g/mol. The summed E-state index contributed by atoms with van der Waals surface area (Å²) >= 11 is 0. The third kappa shape index (κ3) is 2.51. The van der Waals surface area contributed by atoms with Gasteiger partial charge >= 0.3 is 5.63 Å². The lowest BCUT2D eigenvalue weighted by Crippen LogP contribution is -3.10. The van der Waals surface area contributed by atoms with Crippen molar-refractivity contribution >= 4 is 11.0 Å². The summed E-state index contributed by atoms with van der Waals surface area (Å²) in [6.07, 6.45) is 2.49. The average Bonchev–Trinajstić information content (AvgIpc) is 3.08. The van der Waals surface area contributed by atoms with Crippen molar-refractivity contribution in [3.8, 4) is 5.75 Å². The molecule has 0 radical (unpaired) electrons. The molecule has 5 nitrogen and oxygen atoms in total. The van der Waals surface area contributed by atoms with Gasteiger partial charge in [0.1, 0.15) is 24.4 Å². The number of benzene rings is 1. The number of quaternary nitrogens is 1. The molecular formula is C19H20NO4+. The quantitative estimate of drug-likeness (QED) is 0.750. The second-order valence-electron chi connectivity index (χ2n) is 6.28. The molecule has 1 aliphatic heterocycles. The minimum absolute atomic E-state index is 0.303. The molecule has 1 unspecified atom stereocenters. The first-order chi connectivity index (χ1) is 11.7. The molecule has 3 heterocycles. The molecule has 5 heteroatoms. The van der Waals surface area contributed by atoms with E-state index in [2.05, 4.69) is 6.07 Å². The average molecular weight is 326 g/mol. The molecule has 2 aromatic heterocycles. The van der Waals surface area contributed by atoms with Gasteiger partial charge in [-0.2, -0.15) is 0 Å². The van der Waals surface area contributed by atoms with E-state index in [1.165, 1.54) is 4.90 Å². The molecule has 124 valence electrons. The monoisotopic (exact) mass is 326 g/mol. The van der Waals surface area contributed by atoms with Crippen LogP contribution in [0.3, 0.4) is 0 Å². The number of rotatable bonds is 3. The summed E-state index contributed by atoms with van der Waals surface area (Å²) in [6.45, 7) is 6.22. The van der Waals surface area contributed by atoms with Crippen LogP contribution in [0.4, 0.5) is 0 Å². The van der Waals surface area contributed by atoms with E-state index in [1.54, 1.807) is 12.3 Å². The molecule has 1 aliphatic rings. The fraction of sp³-hybridized carbons (Fsp3) is 0.316. The SMILES string of the molecule is CCc1cc(=O)oc2c(C)c3c(cc12)C[NH+](Cc1ccco1)CO3. The number of ether oxygens (including phenoxy) is 1. The first-order valence-corrected chi connectivity index (χ1v) is 8.23. The predicted molar refractivity (Wildman–Crippen MR) is 89.2 cm³/mol. The van der Waals surface area contributed by atoms with Crippen LogP contribution in [0.2, 0.25) is 0 Å². The van der Waals surface area contributed by atoms with E-state index < -0.39 is 0 Å². The Kier molecular flexibility index (Phi) is 3.65. The van der Waals surface area contributed by atoms with Crippen molar-refractivity contribution < 1.29 is 18.5 Å². The maximum absolute atomic E-state index is 11.8. The fourth-order valence-electron chi connectivity index (χ4n) is 3.46. The van der Waals surface area contributed by atoms with Gasteiger partial charge in [0, 0.05) is 22.6 Å². The van der Waals surface area contributed by atoms with Crippen molar-refractivity contribution in [3.05, 3.63) is 63.4 Å². The molecule has 0 amide bonds. The second-order valence-corrected chi connectivity index (χ2v) is 6.28. The van der Waals surface area contributed by atoms with Gasteiger partial charge in [-0.15, -0.1) is 0 Å². The van der Waals surface area contributed by atoms with Crippen LogP contribution < -0.4 is 15.3 Å². The Bertz CT molecular complexity index is 940. The third-order valence-electron chi connectivity index (χ3n) is 4.62. The highest BCUT2D eigenvalue weighted by molar-refractivity contribution is 5.86. The second kappa shape index (κ2) is 5.83. The van der Waals surface area contributed by atoms with Gasteiger partial charge in [-0.25, -0.2) is 4.79 Å². The molecule has 4 rings (SSSR count). The van der Waals surface area contributed by atoms with E-state index in [0.29, 0.717) is 12.3 Å². The Morgan fingerprint density at radius 3 is 2.92 bits per heavy atom. The van der Waals surface area contributed by atoms with E-state index in [0.717, 1.165) is 53.1 Å². The van der Waals surface area contributed by atoms with Gasteiger partial charge in [0.05, 0.1) is 6.26 Å². The number of aryl methyl sites for hydroxylation is 2. The Morgan fingerprint density at radius 1 is 1.29 bits per heavy atom. The highest BCUT2D eigenvalue weighted by atomic mass is 16.5. The van der Waals surface area contributed by atoms with Crippen LogP contribution in [0.25, 0.3) is 11.0 Å². The minimum atomic E-state index is -0.303. The van der Waals surface area contributed by atoms with E-state index in [9.17, 15) is 4.79 Å². The summed E-state index contributed by atoms with van der Waals surface area (Å²) in [5.74, 6) is 1.80. The van der Waals surface area contributed by atoms with Crippen LogP contribution in [0.15, 0.2) is 44.2 Å². The number of hydrogen-bond acceptors (Lipinski definition) is 4. The molecule has 0 aliphatic carbocycles. The molecule has 1 aromatic carbocycles. The van der Waals surface area contributed by atoms with Gasteiger partial charge in [0.25, 0.3) is 0 Å². The van der Waals surface area contributed by atoms with Crippen LogP contribution in [0, 0.1) is 6.92 Å². The fourth-order valence-corrected chi connectivity index (χ4v) is 3.46. The van der Waals surface area contributed by atoms with Crippen LogP contribution in [0.5, 0.6) is 5.75 Å². The zero-order valence-corrected chi connectivity index (χ0v) is 13.8. The van der Waals surface area contributed by atoms with Crippen molar-refractivity contribution in [2.45, 2.75) is 33.4 Å². The van der Waals surface area contributed by atoms with Crippen LogP contribution in [-0.4, -0.2) is 6.73 Å². The van der Waals surface area contributed by atoms with Gasteiger partial charge in [-0.05, 0) is 37.1 Å². The Morgan fingerprint density at radius 2 is 2.17 bits per heavy atom. The normalized spacial score (nSPS) is 16.8. The van der Waals surface area contributed by atoms with Gasteiger partial charge in [-0.1, -0.05) is 6.92 Å². The van der Waals surface area contributed by atoms with Gasteiger partial charge in [0.2, 0.25) is 6.73 Å². The summed E-state index contributed by atoms with van der Waals surface area (Å²) in [7, 11) is 0. The van der Waals surface area contributed by atoms with Gasteiger partial charge < -0.3 is 13.6 Å². The Labute approximate surface area is 139 Å². The largest absolute Gasteiger partial charge is 0.463 e. The topological polar surface area (TPSA) is 57.0 Å². The molecule has 0 saturated carbocycles. The third-order valence-corrected chi connectivity index (χ3v) is 4.62. The molecule has 1 atom stereocenters. The lowest BCUT2D eigenvalue weighted by molar-refractivity contribution is -0.946. The Hall–Kier alpha value is -2.53. The van der Waals surface area contributed by atoms with Crippen LogP contribution >= 0.6 is 0 Å².